The maximum absolute atomic E-state index is 12.7. The van der Waals surface area contributed by atoms with E-state index in [9.17, 15) is 4.79 Å². The molecule has 1 amide bonds. The Morgan fingerprint density at radius 3 is 2.57 bits per heavy atom. The van der Waals surface area contributed by atoms with E-state index in [1.165, 1.54) is 5.56 Å². The van der Waals surface area contributed by atoms with Crippen molar-refractivity contribution in [3.05, 3.63) is 35.9 Å². The predicted octanol–water partition coefficient (Wildman–Crippen LogP) is 3.72. The number of carbonyl (C=O) groups is 1. The van der Waals surface area contributed by atoms with Gasteiger partial charge in [-0.05, 0) is 24.3 Å². The van der Waals surface area contributed by atoms with Gasteiger partial charge in [0.2, 0.25) is 5.91 Å². The summed E-state index contributed by atoms with van der Waals surface area (Å²) >= 11 is 0. The van der Waals surface area contributed by atoms with Crippen molar-refractivity contribution in [2.45, 2.75) is 58.7 Å². The number of hydrogen-bond donors (Lipinski definition) is 1. The molecule has 0 saturated carbocycles. The van der Waals surface area contributed by atoms with Gasteiger partial charge in [0.25, 0.3) is 0 Å². The number of nitrogens with zero attached hydrogens (tertiary/aromatic N) is 1. The summed E-state index contributed by atoms with van der Waals surface area (Å²) in [6, 6.07) is 10.3. The quantitative estimate of drug-likeness (QED) is 0.829. The fourth-order valence-corrected chi connectivity index (χ4v) is 2.84. The third kappa shape index (κ3) is 4.07. The van der Waals surface area contributed by atoms with Gasteiger partial charge in [0.15, 0.2) is 0 Å². The first-order valence-corrected chi connectivity index (χ1v) is 8.25. The molecule has 0 bridgehead atoms. The zero-order valence-electron chi connectivity index (χ0n) is 13.5. The van der Waals surface area contributed by atoms with Crippen LogP contribution in [-0.2, 0) is 4.79 Å². The average Bonchev–Trinajstić information content (AvgIpc) is 2.80. The number of carbonyl (C=O) groups excluding carboxylic acids is 1. The van der Waals surface area contributed by atoms with Crippen LogP contribution in [0.1, 0.15) is 58.2 Å². The molecule has 0 aliphatic carbocycles. The van der Waals surface area contributed by atoms with Crippen LogP contribution in [-0.4, -0.2) is 23.4 Å². The van der Waals surface area contributed by atoms with Gasteiger partial charge in [-0.1, -0.05) is 63.9 Å². The maximum Gasteiger partial charge on any atom is 0.241 e. The molecule has 21 heavy (non-hydrogen) atoms. The second kappa shape index (κ2) is 7.60. The van der Waals surface area contributed by atoms with Gasteiger partial charge in [0.05, 0.1) is 6.04 Å². The zero-order chi connectivity index (χ0) is 15.2. The first-order chi connectivity index (χ1) is 10.1. The molecular weight excluding hydrogens is 260 g/mol. The summed E-state index contributed by atoms with van der Waals surface area (Å²) in [5.41, 5.74) is 1.19. The van der Waals surface area contributed by atoms with E-state index in [4.69, 9.17) is 0 Å². The van der Waals surface area contributed by atoms with E-state index >= 15 is 0 Å². The molecule has 0 spiro atoms. The third-order valence-electron chi connectivity index (χ3n) is 4.16. The van der Waals surface area contributed by atoms with Crippen LogP contribution >= 0.6 is 0 Å². The van der Waals surface area contributed by atoms with Crippen molar-refractivity contribution in [2.75, 3.05) is 6.54 Å². The van der Waals surface area contributed by atoms with E-state index < -0.39 is 0 Å². The Hall–Kier alpha value is -1.35. The summed E-state index contributed by atoms with van der Waals surface area (Å²) in [6.45, 7) is 7.43. The van der Waals surface area contributed by atoms with Crippen LogP contribution in [0.15, 0.2) is 30.3 Å². The minimum Gasteiger partial charge on any atom is -0.322 e. The minimum absolute atomic E-state index is 0.0117. The van der Waals surface area contributed by atoms with Crippen LogP contribution in [0, 0.1) is 5.92 Å². The molecule has 0 aromatic heterocycles. The molecule has 2 unspecified atom stereocenters. The van der Waals surface area contributed by atoms with Crippen molar-refractivity contribution >= 4 is 5.91 Å². The van der Waals surface area contributed by atoms with Crippen LogP contribution in [0.2, 0.25) is 0 Å². The van der Waals surface area contributed by atoms with Crippen molar-refractivity contribution in [1.82, 2.24) is 10.2 Å². The molecule has 1 N–H and O–H groups in total. The minimum atomic E-state index is -0.0117. The first-order valence-electron chi connectivity index (χ1n) is 8.25. The van der Waals surface area contributed by atoms with E-state index in [2.05, 4.69) is 38.2 Å². The number of amides is 1. The van der Waals surface area contributed by atoms with Crippen LogP contribution in [0.3, 0.4) is 0 Å². The van der Waals surface area contributed by atoms with E-state index in [1.807, 2.05) is 23.1 Å². The molecule has 2 atom stereocenters. The van der Waals surface area contributed by atoms with Gasteiger partial charge in [-0.3, -0.25) is 10.1 Å². The maximum atomic E-state index is 12.7. The second-order valence-electron chi connectivity index (χ2n) is 6.39. The number of benzene rings is 1. The zero-order valence-corrected chi connectivity index (χ0v) is 13.5. The number of unbranched alkanes of at least 4 members (excludes halogenated alkanes) is 1. The largest absolute Gasteiger partial charge is 0.322 e. The van der Waals surface area contributed by atoms with Crippen LogP contribution < -0.4 is 5.32 Å². The normalized spacial score (nSPS) is 22.3. The molecule has 0 radical (unpaired) electrons. The van der Waals surface area contributed by atoms with Gasteiger partial charge >= 0.3 is 0 Å². The highest BCUT2D eigenvalue weighted by molar-refractivity contribution is 5.84. The molecule has 1 aromatic carbocycles. The molecule has 1 aromatic rings. The van der Waals surface area contributed by atoms with E-state index in [0.29, 0.717) is 5.92 Å². The van der Waals surface area contributed by atoms with E-state index in [0.717, 1.165) is 32.2 Å². The first kappa shape index (κ1) is 16.0. The summed E-state index contributed by atoms with van der Waals surface area (Å²) in [5, 5.41) is 3.54. The Morgan fingerprint density at radius 2 is 1.95 bits per heavy atom. The molecule has 1 heterocycles. The van der Waals surface area contributed by atoms with Crippen molar-refractivity contribution < 1.29 is 4.79 Å². The van der Waals surface area contributed by atoms with Crippen LogP contribution in [0.4, 0.5) is 0 Å². The lowest BCUT2D eigenvalue weighted by Gasteiger charge is -2.25. The monoisotopic (exact) mass is 288 g/mol. The van der Waals surface area contributed by atoms with E-state index in [1.54, 1.807) is 0 Å². The number of rotatable bonds is 7. The summed E-state index contributed by atoms with van der Waals surface area (Å²) in [4.78, 5) is 14.7. The predicted molar refractivity (Wildman–Crippen MR) is 86.8 cm³/mol. The Balaban J connectivity index is 2.13. The molecule has 3 nitrogen and oxygen atoms in total. The fourth-order valence-electron chi connectivity index (χ4n) is 2.84. The molecular formula is C18H28N2O. The molecule has 1 aliphatic rings. The van der Waals surface area contributed by atoms with Crippen molar-refractivity contribution in [1.29, 1.82) is 0 Å². The van der Waals surface area contributed by atoms with Crippen LogP contribution in [0.5, 0.6) is 0 Å². The summed E-state index contributed by atoms with van der Waals surface area (Å²) in [5.74, 6) is 0.891. The fraction of sp³-hybridized carbons (Fsp3) is 0.611. The lowest BCUT2D eigenvalue weighted by molar-refractivity contribution is -0.130. The Kier molecular flexibility index (Phi) is 5.80. The molecule has 1 fully saturated rings. The highest BCUT2D eigenvalue weighted by Gasteiger charge is 2.38. The topological polar surface area (TPSA) is 32.3 Å². The highest BCUT2D eigenvalue weighted by atomic mass is 16.2. The van der Waals surface area contributed by atoms with E-state index in [-0.39, 0.29) is 18.1 Å². The van der Waals surface area contributed by atoms with Crippen LogP contribution in [0.25, 0.3) is 0 Å². The molecule has 116 valence electrons. The van der Waals surface area contributed by atoms with Gasteiger partial charge in [-0.25, -0.2) is 0 Å². The average molecular weight is 288 g/mol. The van der Waals surface area contributed by atoms with Gasteiger partial charge in [-0.2, -0.15) is 0 Å². The molecule has 1 saturated heterocycles. The molecule has 2 rings (SSSR count). The SMILES string of the molecule is CCCCC1NC(c2ccccc2)N(CCC(C)C)C1=O. The Bertz CT molecular complexity index is 444. The summed E-state index contributed by atoms with van der Waals surface area (Å²) in [7, 11) is 0. The molecule has 1 aliphatic heterocycles. The van der Waals surface area contributed by atoms with Crippen molar-refractivity contribution in [2.24, 2.45) is 5.92 Å². The summed E-state index contributed by atoms with van der Waals surface area (Å²) in [6.07, 6.45) is 4.27. The highest BCUT2D eigenvalue weighted by Crippen LogP contribution is 2.27. The number of hydrogen-bond acceptors (Lipinski definition) is 2. The van der Waals surface area contributed by atoms with Gasteiger partial charge in [-0.15, -0.1) is 0 Å². The second-order valence-corrected chi connectivity index (χ2v) is 6.39. The lowest BCUT2D eigenvalue weighted by Crippen LogP contribution is -2.32. The Labute approximate surface area is 128 Å². The van der Waals surface area contributed by atoms with Crippen molar-refractivity contribution in [3.8, 4) is 0 Å². The standard InChI is InChI=1S/C18H28N2O/c1-4-5-11-16-18(21)20(13-12-14(2)3)17(19-16)15-9-7-6-8-10-15/h6-10,14,16-17,19H,4-5,11-13H2,1-3H3. The Morgan fingerprint density at radius 1 is 1.24 bits per heavy atom. The van der Waals surface area contributed by atoms with Gasteiger partial charge < -0.3 is 4.90 Å². The lowest BCUT2D eigenvalue weighted by atomic mass is 10.1. The van der Waals surface area contributed by atoms with Gasteiger partial charge in [0, 0.05) is 6.54 Å². The van der Waals surface area contributed by atoms with Gasteiger partial charge in [0.1, 0.15) is 6.17 Å². The smallest absolute Gasteiger partial charge is 0.241 e. The van der Waals surface area contributed by atoms with Crippen molar-refractivity contribution in [3.63, 3.8) is 0 Å². The summed E-state index contributed by atoms with van der Waals surface area (Å²) < 4.78 is 0. The third-order valence-corrected chi connectivity index (χ3v) is 4.16. The number of nitrogens with one attached hydrogen (secondary N) is 1. The molecule has 3 heteroatoms.